The average molecular weight is 405 g/mol. The molecule has 4 heteroatoms. The number of hydrogen-bond acceptors (Lipinski definition) is 4. The summed E-state index contributed by atoms with van der Waals surface area (Å²) >= 11 is 0. The summed E-state index contributed by atoms with van der Waals surface area (Å²) in [5.74, 6) is -2.87. The van der Waals surface area contributed by atoms with Crippen molar-refractivity contribution in [2.45, 2.75) is 78.4 Å². The summed E-state index contributed by atoms with van der Waals surface area (Å²) in [6, 6.07) is 0. The predicted octanol–water partition coefficient (Wildman–Crippen LogP) is 5.32. The fraction of sp³-hybridized carbons (Fsp3) is 0.680. The normalized spacial score (nSPS) is 22.5. The van der Waals surface area contributed by atoms with Gasteiger partial charge in [-0.15, -0.1) is 5.73 Å². The van der Waals surface area contributed by atoms with Gasteiger partial charge in [0.05, 0.1) is 6.61 Å². The van der Waals surface area contributed by atoms with Gasteiger partial charge in [-0.1, -0.05) is 64.3 Å². The lowest BCUT2D eigenvalue weighted by atomic mass is 9.83. The van der Waals surface area contributed by atoms with Crippen LogP contribution in [-0.2, 0) is 9.53 Å². The maximum absolute atomic E-state index is 11.7. The van der Waals surface area contributed by atoms with E-state index in [1.54, 1.807) is 13.8 Å². The molecule has 0 aromatic heterocycles. The van der Waals surface area contributed by atoms with Gasteiger partial charge < -0.3 is 14.9 Å². The van der Waals surface area contributed by atoms with E-state index in [9.17, 15) is 15.0 Å². The van der Waals surface area contributed by atoms with Crippen molar-refractivity contribution in [3.63, 3.8) is 0 Å². The molecular formula is C25H40O4. The molecule has 0 bridgehead atoms. The molecule has 1 unspecified atom stereocenters. The monoisotopic (exact) mass is 404 g/mol. The second-order valence-corrected chi connectivity index (χ2v) is 7.98. The second-order valence-electron chi connectivity index (χ2n) is 7.98. The molecule has 0 aromatic rings. The van der Waals surface area contributed by atoms with Gasteiger partial charge in [0.1, 0.15) is 0 Å². The minimum absolute atomic E-state index is 0.106. The zero-order valence-corrected chi connectivity index (χ0v) is 18.6. The highest BCUT2D eigenvalue weighted by molar-refractivity contribution is 5.77. The van der Waals surface area contributed by atoms with Crippen LogP contribution in [0, 0.1) is 23.7 Å². The number of esters is 1. The summed E-state index contributed by atoms with van der Waals surface area (Å²) in [4.78, 5) is 11.7. The van der Waals surface area contributed by atoms with Crippen molar-refractivity contribution >= 4 is 5.97 Å². The first kappa shape index (κ1) is 25.4. The molecule has 4 nitrogen and oxygen atoms in total. The lowest BCUT2D eigenvalue weighted by molar-refractivity contribution is -0.219. The van der Waals surface area contributed by atoms with E-state index < -0.39 is 17.7 Å². The molecule has 1 aliphatic carbocycles. The van der Waals surface area contributed by atoms with Crippen molar-refractivity contribution in [1.82, 2.24) is 0 Å². The Hall–Kier alpha value is -1.61. The van der Waals surface area contributed by atoms with Crippen molar-refractivity contribution < 1.29 is 19.7 Å². The molecular weight excluding hydrogens is 364 g/mol. The molecule has 0 heterocycles. The Morgan fingerprint density at radius 3 is 2.62 bits per heavy atom. The van der Waals surface area contributed by atoms with Crippen molar-refractivity contribution in [2.24, 2.45) is 23.7 Å². The van der Waals surface area contributed by atoms with Crippen LogP contribution in [0.15, 0.2) is 42.2 Å². The van der Waals surface area contributed by atoms with Crippen LogP contribution >= 0.6 is 0 Å². The summed E-state index contributed by atoms with van der Waals surface area (Å²) in [6.07, 6.45) is 21.0. The van der Waals surface area contributed by atoms with E-state index in [-0.39, 0.29) is 6.61 Å². The molecule has 0 aromatic carbocycles. The summed E-state index contributed by atoms with van der Waals surface area (Å²) < 4.78 is 4.71. The predicted molar refractivity (Wildman–Crippen MR) is 118 cm³/mol. The van der Waals surface area contributed by atoms with Gasteiger partial charge in [-0.3, -0.25) is 0 Å². The summed E-state index contributed by atoms with van der Waals surface area (Å²) in [6.45, 7) is 7.74. The molecule has 0 saturated heterocycles. The van der Waals surface area contributed by atoms with E-state index >= 15 is 0 Å². The minimum Gasteiger partial charge on any atom is -0.462 e. The zero-order valence-electron chi connectivity index (χ0n) is 18.6. The fourth-order valence-corrected chi connectivity index (χ4v) is 3.72. The molecule has 2 N–H and O–H groups in total. The first-order valence-electron chi connectivity index (χ1n) is 11.3. The summed E-state index contributed by atoms with van der Waals surface area (Å²) in [5, 5.41) is 19.9. The van der Waals surface area contributed by atoms with Crippen molar-refractivity contribution in [1.29, 1.82) is 0 Å². The molecule has 0 saturated carbocycles. The van der Waals surface area contributed by atoms with Crippen molar-refractivity contribution in [3.05, 3.63) is 42.2 Å². The standard InChI is InChI=1S/C25H40O4/c1-5-8-9-10-11-12-16-22-19-18-21(6-2)23(22)17-14-13-15-20(4)25(27,28)24(26)29-7-3/h12,14-16,18-23,27-28H,5-11,17H2,1-4H3/t13?,20?,21-,22-,23+/m0/s1. The van der Waals surface area contributed by atoms with Gasteiger partial charge in [-0.05, 0) is 62.5 Å². The Bertz CT molecular complexity index is 596. The maximum atomic E-state index is 11.7. The van der Waals surface area contributed by atoms with E-state index in [2.05, 4.69) is 43.9 Å². The Morgan fingerprint density at radius 2 is 1.97 bits per heavy atom. The number of unbranched alkanes of at least 4 members (excludes halogenated alkanes) is 4. The first-order valence-corrected chi connectivity index (χ1v) is 11.3. The van der Waals surface area contributed by atoms with Gasteiger partial charge in [0.2, 0.25) is 0 Å². The first-order chi connectivity index (χ1) is 13.9. The highest BCUT2D eigenvalue weighted by atomic mass is 16.6. The maximum Gasteiger partial charge on any atom is 0.367 e. The van der Waals surface area contributed by atoms with Gasteiger partial charge in [-0.25, -0.2) is 4.79 Å². The topological polar surface area (TPSA) is 66.8 Å². The quantitative estimate of drug-likeness (QED) is 0.143. The van der Waals surface area contributed by atoms with Gasteiger partial charge >= 0.3 is 5.97 Å². The largest absolute Gasteiger partial charge is 0.462 e. The molecule has 0 radical (unpaired) electrons. The van der Waals surface area contributed by atoms with E-state index in [0.717, 1.165) is 19.3 Å². The van der Waals surface area contributed by atoms with Crippen molar-refractivity contribution in [3.8, 4) is 0 Å². The van der Waals surface area contributed by atoms with Gasteiger partial charge in [-0.2, -0.15) is 0 Å². The third-order valence-corrected chi connectivity index (χ3v) is 5.74. The Morgan fingerprint density at radius 1 is 1.21 bits per heavy atom. The van der Waals surface area contributed by atoms with Crippen LogP contribution in [0.25, 0.3) is 0 Å². The zero-order chi connectivity index (χ0) is 21.7. The minimum atomic E-state index is -2.53. The number of ether oxygens (including phenoxy) is 1. The smallest absolute Gasteiger partial charge is 0.367 e. The van der Waals surface area contributed by atoms with Gasteiger partial charge in [0.25, 0.3) is 5.79 Å². The van der Waals surface area contributed by atoms with Crippen LogP contribution in [0.1, 0.15) is 72.6 Å². The fourth-order valence-electron chi connectivity index (χ4n) is 3.72. The molecule has 0 amide bonds. The number of aliphatic hydroxyl groups is 2. The molecule has 0 fully saturated rings. The Kier molecular flexibility index (Phi) is 11.9. The highest BCUT2D eigenvalue weighted by Crippen LogP contribution is 2.36. The Balaban J connectivity index is 2.64. The SMILES string of the molecule is CCCCCCC=C[C@H]1C=C[C@H](CC)[C@H]1CC=C=CC(C)C(O)(O)C(=O)OCC. The highest BCUT2D eigenvalue weighted by Gasteiger charge is 2.40. The molecule has 29 heavy (non-hydrogen) atoms. The van der Waals surface area contributed by atoms with Crippen LogP contribution < -0.4 is 0 Å². The number of hydrogen-bond donors (Lipinski definition) is 2. The van der Waals surface area contributed by atoms with E-state index in [1.807, 2.05) is 6.08 Å². The molecule has 1 aliphatic rings. The number of carbonyl (C=O) groups excluding carboxylic acids is 1. The molecule has 0 spiro atoms. The lowest BCUT2D eigenvalue weighted by Gasteiger charge is -2.23. The molecule has 164 valence electrons. The van der Waals surface area contributed by atoms with Crippen molar-refractivity contribution in [2.75, 3.05) is 6.61 Å². The van der Waals surface area contributed by atoms with E-state index in [0.29, 0.717) is 17.8 Å². The number of carbonyl (C=O) groups is 1. The average Bonchev–Trinajstić information content (AvgIpc) is 3.09. The molecule has 0 aliphatic heterocycles. The van der Waals surface area contributed by atoms with Crippen LogP contribution in [0.3, 0.4) is 0 Å². The summed E-state index contributed by atoms with van der Waals surface area (Å²) in [7, 11) is 0. The van der Waals surface area contributed by atoms with E-state index in [1.165, 1.54) is 31.8 Å². The van der Waals surface area contributed by atoms with Crippen LogP contribution in [-0.4, -0.2) is 28.6 Å². The number of allylic oxidation sites excluding steroid dienone is 4. The summed E-state index contributed by atoms with van der Waals surface area (Å²) in [5.41, 5.74) is 3.04. The van der Waals surface area contributed by atoms with Crippen LogP contribution in [0.4, 0.5) is 0 Å². The number of rotatable bonds is 13. The van der Waals surface area contributed by atoms with Gasteiger partial charge in [0.15, 0.2) is 0 Å². The molecule has 4 atom stereocenters. The van der Waals surface area contributed by atoms with Crippen LogP contribution in [0.2, 0.25) is 0 Å². The van der Waals surface area contributed by atoms with E-state index in [4.69, 9.17) is 4.74 Å². The van der Waals surface area contributed by atoms with Gasteiger partial charge in [0, 0.05) is 5.92 Å². The lowest BCUT2D eigenvalue weighted by Crippen LogP contribution is -2.45. The third kappa shape index (κ3) is 8.34. The second kappa shape index (κ2) is 13.6. The van der Waals surface area contributed by atoms with Crippen LogP contribution in [0.5, 0.6) is 0 Å². The Labute approximate surface area is 177 Å². The third-order valence-electron chi connectivity index (χ3n) is 5.74. The molecule has 1 rings (SSSR count).